The molecule has 112 valence electrons. The average Bonchev–Trinajstić information content (AvgIpc) is 2.36. The van der Waals surface area contributed by atoms with Crippen molar-refractivity contribution < 1.29 is 13.5 Å². The molecule has 3 N–H and O–H groups in total. The number of nitrogens with two attached hydrogens (primary N) is 1. The summed E-state index contributed by atoms with van der Waals surface area (Å²) in [7, 11) is 0. The van der Waals surface area contributed by atoms with E-state index in [9.17, 15) is 8.78 Å². The normalized spacial score (nSPS) is 10.7. The van der Waals surface area contributed by atoms with Gasteiger partial charge in [-0.1, -0.05) is 6.07 Å². The quantitative estimate of drug-likeness (QED) is 0.879. The molecule has 1 aromatic carbocycles. The summed E-state index contributed by atoms with van der Waals surface area (Å²) in [6.45, 7) is 3.72. The second kappa shape index (κ2) is 6.29. The molecule has 0 saturated heterocycles. The first-order valence-electron chi connectivity index (χ1n) is 6.30. The topological polar surface area (TPSA) is 86.0 Å². The molecule has 2 rings (SSSR count). The monoisotopic (exact) mass is 295 g/mol. The van der Waals surface area contributed by atoms with Gasteiger partial charge in [-0.3, -0.25) is 0 Å². The molecule has 0 aliphatic rings. The number of nitrogens with one attached hydrogen (secondary N) is 1. The number of anilines is 2. The van der Waals surface area contributed by atoms with Crippen LogP contribution in [0.3, 0.4) is 0 Å². The van der Waals surface area contributed by atoms with Gasteiger partial charge in [0.1, 0.15) is 11.6 Å². The lowest BCUT2D eigenvalue weighted by atomic mass is 10.2. The number of nitrogens with zero attached hydrogens (tertiary/aromatic N) is 3. The van der Waals surface area contributed by atoms with Crippen LogP contribution in [-0.2, 0) is 6.54 Å². The number of halogens is 2. The summed E-state index contributed by atoms with van der Waals surface area (Å²) in [5.41, 5.74) is 5.83. The molecule has 0 bridgehead atoms. The van der Waals surface area contributed by atoms with Gasteiger partial charge in [-0.05, 0) is 19.9 Å². The van der Waals surface area contributed by atoms with E-state index in [1.165, 1.54) is 12.1 Å². The number of hydrogen-bond donors (Lipinski definition) is 2. The summed E-state index contributed by atoms with van der Waals surface area (Å²) in [6, 6.07) is 3.41. The van der Waals surface area contributed by atoms with E-state index in [-0.39, 0.29) is 36.1 Å². The highest BCUT2D eigenvalue weighted by molar-refractivity contribution is 5.34. The molecule has 0 saturated carbocycles. The lowest BCUT2D eigenvalue weighted by Crippen LogP contribution is -2.13. The van der Waals surface area contributed by atoms with E-state index in [1.54, 1.807) is 0 Å². The minimum Gasteiger partial charge on any atom is -0.461 e. The molecular weight excluding hydrogens is 280 g/mol. The van der Waals surface area contributed by atoms with Crippen LogP contribution in [0.5, 0.6) is 6.01 Å². The fourth-order valence-electron chi connectivity index (χ4n) is 1.55. The molecule has 0 fully saturated rings. The van der Waals surface area contributed by atoms with Crippen LogP contribution < -0.4 is 15.8 Å². The van der Waals surface area contributed by atoms with Gasteiger partial charge in [-0.2, -0.15) is 15.0 Å². The van der Waals surface area contributed by atoms with Crippen molar-refractivity contribution in [2.45, 2.75) is 26.5 Å². The molecule has 2 aromatic rings. The Bertz CT molecular complexity index is 636. The van der Waals surface area contributed by atoms with E-state index in [4.69, 9.17) is 10.5 Å². The average molecular weight is 295 g/mol. The van der Waals surface area contributed by atoms with Gasteiger partial charge in [0.15, 0.2) is 0 Å². The van der Waals surface area contributed by atoms with Gasteiger partial charge in [0.05, 0.1) is 6.10 Å². The number of benzene rings is 1. The molecule has 0 spiro atoms. The van der Waals surface area contributed by atoms with Crippen molar-refractivity contribution in [1.29, 1.82) is 0 Å². The van der Waals surface area contributed by atoms with E-state index in [1.807, 2.05) is 13.8 Å². The molecule has 0 unspecified atom stereocenters. The van der Waals surface area contributed by atoms with E-state index in [0.717, 1.165) is 6.07 Å². The Morgan fingerprint density at radius 1 is 1.24 bits per heavy atom. The zero-order valence-electron chi connectivity index (χ0n) is 11.6. The Hall–Kier alpha value is -2.51. The standard InChI is InChI=1S/C13H15F2N5O/c1-7(2)21-13-19-11(16)18-12(20-13)17-6-8-3-4-9(14)5-10(8)15/h3-5,7H,6H2,1-2H3,(H3,16,17,18,19,20). The molecule has 1 aromatic heterocycles. The Morgan fingerprint density at radius 2 is 2.00 bits per heavy atom. The number of ether oxygens (including phenoxy) is 1. The summed E-state index contributed by atoms with van der Waals surface area (Å²) < 4.78 is 31.6. The molecule has 0 radical (unpaired) electrons. The van der Waals surface area contributed by atoms with Crippen molar-refractivity contribution in [3.05, 3.63) is 35.4 Å². The number of hydrogen-bond acceptors (Lipinski definition) is 6. The predicted octanol–water partition coefficient (Wildman–Crippen LogP) is 2.13. The second-order valence-electron chi connectivity index (χ2n) is 4.56. The SMILES string of the molecule is CC(C)Oc1nc(N)nc(NCc2ccc(F)cc2F)n1. The third-order valence-electron chi connectivity index (χ3n) is 2.43. The van der Waals surface area contributed by atoms with Crippen LogP contribution in [0.4, 0.5) is 20.7 Å². The summed E-state index contributed by atoms with van der Waals surface area (Å²) >= 11 is 0. The molecule has 0 atom stereocenters. The molecule has 1 heterocycles. The molecule has 0 aliphatic heterocycles. The molecule has 0 amide bonds. The van der Waals surface area contributed by atoms with Crippen LogP contribution in [0.15, 0.2) is 18.2 Å². The Balaban J connectivity index is 2.10. The third kappa shape index (κ3) is 4.23. The van der Waals surface area contributed by atoms with E-state index >= 15 is 0 Å². The lowest BCUT2D eigenvalue weighted by Gasteiger charge is -2.10. The lowest BCUT2D eigenvalue weighted by molar-refractivity contribution is 0.222. The zero-order chi connectivity index (χ0) is 15.4. The Labute approximate surface area is 120 Å². The van der Waals surface area contributed by atoms with Crippen molar-refractivity contribution in [2.75, 3.05) is 11.1 Å². The van der Waals surface area contributed by atoms with Gasteiger partial charge in [0, 0.05) is 18.2 Å². The maximum absolute atomic E-state index is 13.5. The van der Waals surface area contributed by atoms with Crippen molar-refractivity contribution in [3.63, 3.8) is 0 Å². The minimum absolute atomic E-state index is 0.0114. The Morgan fingerprint density at radius 3 is 2.67 bits per heavy atom. The predicted molar refractivity (Wildman–Crippen MR) is 73.7 cm³/mol. The van der Waals surface area contributed by atoms with Gasteiger partial charge < -0.3 is 15.8 Å². The van der Waals surface area contributed by atoms with Crippen LogP contribution in [0, 0.1) is 11.6 Å². The van der Waals surface area contributed by atoms with Crippen molar-refractivity contribution >= 4 is 11.9 Å². The van der Waals surface area contributed by atoms with Gasteiger partial charge in [-0.25, -0.2) is 8.78 Å². The largest absolute Gasteiger partial charge is 0.461 e. The third-order valence-corrected chi connectivity index (χ3v) is 2.43. The fraction of sp³-hybridized carbons (Fsp3) is 0.308. The molecule has 0 aliphatic carbocycles. The van der Waals surface area contributed by atoms with Gasteiger partial charge >= 0.3 is 6.01 Å². The van der Waals surface area contributed by atoms with Crippen molar-refractivity contribution in [3.8, 4) is 6.01 Å². The van der Waals surface area contributed by atoms with Crippen LogP contribution >= 0.6 is 0 Å². The highest BCUT2D eigenvalue weighted by Crippen LogP contribution is 2.14. The first kappa shape index (κ1) is 14.9. The van der Waals surface area contributed by atoms with Crippen LogP contribution in [0.2, 0.25) is 0 Å². The van der Waals surface area contributed by atoms with Crippen molar-refractivity contribution in [1.82, 2.24) is 15.0 Å². The number of aromatic nitrogens is 3. The van der Waals surface area contributed by atoms with Gasteiger partial charge in [0.25, 0.3) is 0 Å². The van der Waals surface area contributed by atoms with E-state index in [2.05, 4.69) is 20.3 Å². The first-order valence-corrected chi connectivity index (χ1v) is 6.30. The van der Waals surface area contributed by atoms with E-state index < -0.39 is 11.6 Å². The maximum Gasteiger partial charge on any atom is 0.323 e. The molecule has 8 heteroatoms. The highest BCUT2D eigenvalue weighted by Gasteiger charge is 2.09. The molecule has 6 nitrogen and oxygen atoms in total. The fourth-order valence-corrected chi connectivity index (χ4v) is 1.55. The van der Waals surface area contributed by atoms with Crippen LogP contribution in [0.25, 0.3) is 0 Å². The first-order chi connectivity index (χ1) is 9.94. The molecule has 21 heavy (non-hydrogen) atoms. The Kier molecular flexibility index (Phi) is 4.46. The highest BCUT2D eigenvalue weighted by atomic mass is 19.1. The van der Waals surface area contributed by atoms with Crippen LogP contribution in [-0.4, -0.2) is 21.1 Å². The minimum atomic E-state index is -0.650. The maximum atomic E-state index is 13.5. The summed E-state index contributed by atoms with van der Waals surface area (Å²) in [6.07, 6.45) is -0.116. The van der Waals surface area contributed by atoms with Gasteiger partial charge in [-0.15, -0.1) is 0 Å². The summed E-state index contributed by atoms with van der Waals surface area (Å²) in [5.74, 6) is -1.14. The summed E-state index contributed by atoms with van der Waals surface area (Å²) in [5, 5.41) is 2.79. The number of nitrogen functional groups attached to an aromatic ring is 1. The second-order valence-corrected chi connectivity index (χ2v) is 4.56. The van der Waals surface area contributed by atoms with Gasteiger partial charge in [0.2, 0.25) is 11.9 Å². The van der Waals surface area contributed by atoms with Crippen LogP contribution in [0.1, 0.15) is 19.4 Å². The summed E-state index contributed by atoms with van der Waals surface area (Å²) in [4.78, 5) is 11.7. The van der Waals surface area contributed by atoms with Crippen molar-refractivity contribution in [2.24, 2.45) is 0 Å². The molecular formula is C13H15F2N5O. The zero-order valence-corrected chi connectivity index (χ0v) is 11.6. The smallest absolute Gasteiger partial charge is 0.323 e. The van der Waals surface area contributed by atoms with E-state index in [0.29, 0.717) is 0 Å². The number of rotatable bonds is 5.